The Bertz CT molecular complexity index is 389. The van der Waals surface area contributed by atoms with Gasteiger partial charge in [0.05, 0.1) is 6.20 Å². The van der Waals surface area contributed by atoms with Crippen molar-refractivity contribution in [1.82, 2.24) is 20.8 Å². The molecule has 0 aromatic carbocycles. The minimum Gasteiger partial charge on any atom is -0.385 e. The second-order valence-corrected chi connectivity index (χ2v) is 4.66. The second kappa shape index (κ2) is 10.3. The van der Waals surface area contributed by atoms with Crippen LogP contribution in [-0.2, 0) is 11.2 Å². The summed E-state index contributed by atoms with van der Waals surface area (Å²) in [5, 5.41) is 13.5. The first-order valence-electron chi connectivity index (χ1n) is 7.28. The van der Waals surface area contributed by atoms with Crippen LogP contribution in [0.5, 0.6) is 0 Å². The number of aromatic nitrogens is 2. The zero-order valence-electron chi connectivity index (χ0n) is 12.8. The maximum atomic E-state index is 5.03. The van der Waals surface area contributed by atoms with Crippen LogP contribution >= 0.6 is 0 Å². The van der Waals surface area contributed by atoms with E-state index in [9.17, 15) is 0 Å². The summed E-state index contributed by atoms with van der Waals surface area (Å²) < 4.78 is 5.03. The van der Waals surface area contributed by atoms with E-state index in [-0.39, 0.29) is 0 Å². The van der Waals surface area contributed by atoms with E-state index in [1.165, 1.54) is 5.56 Å². The van der Waals surface area contributed by atoms with E-state index in [4.69, 9.17) is 4.74 Å². The van der Waals surface area contributed by atoms with Gasteiger partial charge in [-0.05, 0) is 38.7 Å². The third kappa shape index (κ3) is 6.56. The van der Waals surface area contributed by atoms with E-state index in [1.54, 1.807) is 7.11 Å². The van der Waals surface area contributed by atoms with E-state index < -0.39 is 0 Å². The van der Waals surface area contributed by atoms with Crippen molar-refractivity contribution in [1.29, 1.82) is 0 Å². The number of aryl methyl sites for hydroxylation is 2. The molecule has 1 aromatic rings. The number of nitrogens with one attached hydrogen (secondary N) is 3. The summed E-state index contributed by atoms with van der Waals surface area (Å²) in [6.07, 6.45) is 4.91. The van der Waals surface area contributed by atoms with Gasteiger partial charge in [-0.1, -0.05) is 0 Å². The van der Waals surface area contributed by atoms with E-state index in [0.29, 0.717) is 0 Å². The minimum absolute atomic E-state index is 0.770. The molecule has 0 saturated carbocycles. The fraction of sp³-hybridized carbons (Fsp3) is 0.714. The maximum Gasteiger partial charge on any atom is 0.191 e. The van der Waals surface area contributed by atoms with Crippen LogP contribution in [0.4, 0.5) is 0 Å². The Morgan fingerprint density at radius 3 is 2.90 bits per heavy atom. The molecule has 0 aliphatic heterocycles. The van der Waals surface area contributed by atoms with Crippen LogP contribution in [0, 0.1) is 6.92 Å². The van der Waals surface area contributed by atoms with Gasteiger partial charge in [0.2, 0.25) is 0 Å². The average Bonchev–Trinajstić information content (AvgIpc) is 2.85. The molecule has 0 amide bonds. The molecule has 0 aliphatic rings. The molecule has 0 aliphatic carbocycles. The first-order chi connectivity index (χ1) is 9.77. The predicted octanol–water partition coefficient (Wildman–Crippen LogP) is 1.24. The van der Waals surface area contributed by atoms with Gasteiger partial charge in [0.25, 0.3) is 0 Å². The summed E-state index contributed by atoms with van der Waals surface area (Å²) in [4.78, 5) is 4.56. The molecular formula is C14H27N5O. The zero-order valence-corrected chi connectivity index (χ0v) is 12.8. The van der Waals surface area contributed by atoms with Gasteiger partial charge in [0, 0.05) is 39.0 Å². The molecule has 0 radical (unpaired) electrons. The van der Waals surface area contributed by atoms with Gasteiger partial charge in [-0.15, -0.1) is 0 Å². The predicted molar refractivity (Wildman–Crippen MR) is 82.1 cm³/mol. The quantitative estimate of drug-likeness (QED) is 0.362. The molecule has 3 N–H and O–H groups in total. The van der Waals surface area contributed by atoms with Gasteiger partial charge < -0.3 is 15.4 Å². The number of aliphatic imine (C=N–C) groups is 1. The number of guanidine groups is 1. The van der Waals surface area contributed by atoms with Crippen LogP contribution in [0.3, 0.4) is 0 Å². The Morgan fingerprint density at radius 2 is 2.25 bits per heavy atom. The monoisotopic (exact) mass is 281 g/mol. The number of H-pyrrole nitrogens is 1. The van der Waals surface area contributed by atoms with Crippen LogP contribution in [-0.4, -0.2) is 49.5 Å². The van der Waals surface area contributed by atoms with E-state index in [1.807, 2.05) is 13.1 Å². The van der Waals surface area contributed by atoms with Crippen molar-refractivity contribution >= 4 is 5.96 Å². The fourth-order valence-corrected chi connectivity index (χ4v) is 1.85. The Labute approximate surface area is 121 Å². The molecule has 114 valence electrons. The Balaban J connectivity index is 2.25. The molecular weight excluding hydrogens is 254 g/mol. The highest BCUT2D eigenvalue weighted by atomic mass is 16.5. The lowest BCUT2D eigenvalue weighted by Crippen LogP contribution is -2.38. The van der Waals surface area contributed by atoms with Crippen LogP contribution < -0.4 is 10.6 Å². The molecule has 6 heteroatoms. The summed E-state index contributed by atoms with van der Waals surface area (Å²) in [7, 11) is 1.72. The summed E-state index contributed by atoms with van der Waals surface area (Å²) in [5.41, 5.74) is 2.43. The number of methoxy groups -OCH3 is 1. The first kappa shape index (κ1) is 16.5. The number of rotatable bonds is 9. The number of nitrogens with zero attached hydrogens (tertiary/aromatic N) is 2. The molecule has 0 spiro atoms. The summed E-state index contributed by atoms with van der Waals surface area (Å²) in [5.74, 6) is 0.882. The van der Waals surface area contributed by atoms with Gasteiger partial charge >= 0.3 is 0 Å². The molecule has 20 heavy (non-hydrogen) atoms. The van der Waals surface area contributed by atoms with Crippen molar-refractivity contribution < 1.29 is 4.74 Å². The lowest BCUT2D eigenvalue weighted by molar-refractivity contribution is 0.195. The number of ether oxygens (including phenoxy) is 1. The van der Waals surface area contributed by atoms with Crippen LogP contribution in [0.1, 0.15) is 31.0 Å². The molecule has 1 rings (SSSR count). The summed E-state index contributed by atoms with van der Waals surface area (Å²) in [6.45, 7) is 7.45. The highest BCUT2D eigenvalue weighted by Gasteiger charge is 2.00. The average molecular weight is 281 g/mol. The van der Waals surface area contributed by atoms with E-state index in [0.717, 1.165) is 57.2 Å². The molecule has 0 unspecified atom stereocenters. The molecule has 1 heterocycles. The SMILES string of the molecule is CCNC(=NCCCc1cn[nH]c1C)NCCCOC. The molecule has 1 aromatic heterocycles. The van der Waals surface area contributed by atoms with Gasteiger partial charge in [0.1, 0.15) is 0 Å². The lowest BCUT2D eigenvalue weighted by Gasteiger charge is -2.10. The normalized spacial score (nSPS) is 11.7. The maximum absolute atomic E-state index is 5.03. The van der Waals surface area contributed by atoms with Crippen molar-refractivity contribution in [3.05, 3.63) is 17.5 Å². The standard InChI is InChI=1S/C14H27N5O/c1-4-15-14(17-9-6-10-20-3)16-8-5-7-13-11-18-19-12(13)2/h11H,4-10H2,1-3H3,(H,18,19)(H2,15,16,17). The smallest absolute Gasteiger partial charge is 0.191 e. The zero-order chi connectivity index (χ0) is 14.6. The Kier molecular flexibility index (Phi) is 8.46. The number of hydrogen-bond donors (Lipinski definition) is 3. The summed E-state index contributed by atoms with van der Waals surface area (Å²) in [6, 6.07) is 0. The van der Waals surface area contributed by atoms with Crippen molar-refractivity contribution in [2.75, 3.05) is 33.4 Å². The Morgan fingerprint density at radius 1 is 1.40 bits per heavy atom. The van der Waals surface area contributed by atoms with Crippen LogP contribution in [0.15, 0.2) is 11.2 Å². The summed E-state index contributed by atoms with van der Waals surface area (Å²) >= 11 is 0. The molecule has 6 nitrogen and oxygen atoms in total. The Hall–Kier alpha value is -1.56. The highest BCUT2D eigenvalue weighted by Crippen LogP contribution is 2.05. The van der Waals surface area contributed by atoms with Crippen LogP contribution in [0.2, 0.25) is 0 Å². The van der Waals surface area contributed by atoms with Gasteiger partial charge in [0.15, 0.2) is 5.96 Å². The fourth-order valence-electron chi connectivity index (χ4n) is 1.85. The van der Waals surface area contributed by atoms with Gasteiger partial charge in [-0.3, -0.25) is 10.1 Å². The third-order valence-corrected chi connectivity index (χ3v) is 2.97. The van der Waals surface area contributed by atoms with Gasteiger partial charge in [-0.25, -0.2) is 0 Å². The van der Waals surface area contributed by atoms with Crippen molar-refractivity contribution in [2.45, 2.75) is 33.1 Å². The second-order valence-electron chi connectivity index (χ2n) is 4.66. The van der Waals surface area contributed by atoms with E-state index in [2.05, 4.69) is 32.7 Å². The number of hydrogen-bond acceptors (Lipinski definition) is 3. The van der Waals surface area contributed by atoms with E-state index >= 15 is 0 Å². The molecule has 0 bridgehead atoms. The first-order valence-corrected chi connectivity index (χ1v) is 7.28. The van der Waals surface area contributed by atoms with Crippen molar-refractivity contribution in [3.8, 4) is 0 Å². The lowest BCUT2D eigenvalue weighted by atomic mass is 10.1. The largest absolute Gasteiger partial charge is 0.385 e. The van der Waals surface area contributed by atoms with Crippen molar-refractivity contribution in [3.63, 3.8) is 0 Å². The number of aromatic amines is 1. The molecule has 0 fully saturated rings. The highest BCUT2D eigenvalue weighted by molar-refractivity contribution is 5.79. The minimum atomic E-state index is 0.770. The molecule has 0 atom stereocenters. The van der Waals surface area contributed by atoms with Crippen LogP contribution in [0.25, 0.3) is 0 Å². The van der Waals surface area contributed by atoms with Gasteiger partial charge in [-0.2, -0.15) is 5.10 Å². The third-order valence-electron chi connectivity index (χ3n) is 2.97. The topological polar surface area (TPSA) is 74.3 Å². The molecule has 0 saturated heterocycles. The van der Waals surface area contributed by atoms with Crippen molar-refractivity contribution in [2.24, 2.45) is 4.99 Å².